The van der Waals surface area contributed by atoms with E-state index in [1.807, 2.05) is 19.9 Å². The summed E-state index contributed by atoms with van der Waals surface area (Å²) in [7, 11) is -3.47. The van der Waals surface area contributed by atoms with E-state index in [0.717, 1.165) is 21.0 Å². The molecular weight excluding hydrogens is 280 g/mol. The smallest absolute Gasteiger partial charge is 0.241 e. The van der Waals surface area contributed by atoms with Crippen molar-refractivity contribution in [2.24, 2.45) is 0 Å². The van der Waals surface area contributed by atoms with Gasteiger partial charge in [0.15, 0.2) is 0 Å². The topological polar surface area (TPSA) is 59.1 Å². The number of rotatable bonds is 4. The van der Waals surface area contributed by atoms with E-state index in [4.69, 9.17) is 0 Å². The number of benzene rings is 1. The highest BCUT2D eigenvalue weighted by Gasteiger charge is 2.16. The Hall–Kier alpha value is -1.24. The summed E-state index contributed by atoms with van der Waals surface area (Å²) < 4.78 is 27.0. The van der Waals surface area contributed by atoms with Crippen molar-refractivity contribution in [3.8, 4) is 0 Å². The fourth-order valence-corrected chi connectivity index (χ4v) is 3.89. The van der Waals surface area contributed by atoms with E-state index >= 15 is 0 Å². The van der Waals surface area contributed by atoms with Crippen LogP contribution in [0.5, 0.6) is 0 Å². The number of aromatic nitrogens is 1. The molecule has 0 saturated heterocycles. The van der Waals surface area contributed by atoms with Crippen LogP contribution in [0.1, 0.15) is 21.0 Å². The van der Waals surface area contributed by atoms with E-state index in [-0.39, 0.29) is 6.54 Å². The van der Waals surface area contributed by atoms with Crippen LogP contribution in [0.3, 0.4) is 0 Å². The standard InChI is InChI=1S/C13H16N2O2S2/c1-9-4-5-13(10(2)6-9)19(16,17)15-8-12-7-14-11(3)18-12/h4-7,15H,8H2,1-3H3. The summed E-state index contributed by atoms with van der Waals surface area (Å²) in [6.45, 7) is 5.92. The van der Waals surface area contributed by atoms with Crippen molar-refractivity contribution < 1.29 is 8.42 Å². The van der Waals surface area contributed by atoms with Gasteiger partial charge < -0.3 is 0 Å². The zero-order valence-corrected chi connectivity index (χ0v) is 12.7. The van der Waals surface area contributed by atoms with Crippen LogP contribution in [0.25, 0.3) is 0 Å². The molecule has 1 heterocycles. The van der Waals surface area contributed by atoms with Crippen molar-refractivity contribution in [1.82, 2.24) is 9.71 Å². The van der Waals surface area contributed by atoms with Gasteiger partial charge in [0.2, 0.25) is 10.0 Å². The van der Waals surface area contributed by atoms with Crippen molar-refractivity contribution in [1.29, 1.82) is 0 Å². The maximum atomic E-state index is 12.2. The van der Waals surface area contributed by atoms with Gasteiger partial charge in [-0.1, -0.05) is 17.7 Å². The van der Waals surface area contributed by atoms with Crippen molar-refractivity contribution in [2.45, 2.75) is 32.2 Å². The van der Waals surface area contributed by atoms with Crippen LogP contribution in [0.2, 0.25) is 0 Å². The molecule has 0 amide bonds. The number of nitrogens with one attached hydrogen (secondary N) is 1. The summed E-state index contributed by atoms with van der Waals surface area (Å²) in [5, 5.41) is 0.931. The lowest BCUT2D eigenvalue weighted by Gasteiger charge is -2.09. The van der Waals surface area contributed by atoms with Gasteiger partial charge in [-0.05, 0) is 32.4 Å². The molecule has 0 atom stereocenters. The molecule has 0 aliphatic heterocycles. The summed E-state index contributed by atoms with van der Waals surface area (Å²) in [5.41, 5.74) is 1.81. The van der Waals surface area contributed by atoms with Crippen molar-refractivity contribution >= 4 is 21.4 Å². The molecule has 0 saturated carbocycles. The zero-order valence-electron chi connectivity index (χ0n) is 11.1. The SMILES string of the molecule is Cc1ccc(S(=O)(=O)NCc2cnc(C)s2)c(C)c1. The van der Waals surface area contributed by atoms with E-state index in [2.05, 4.69) is 9.71 Å². The van der Waals surface area contributed by atoms with Gasteiger partial charge in [0.1, 0.15) is 0 Å². The Morgan fingerprint density at radius 1 is 1.26 bits per heavy atom. The van der Waals surface area contributed by atoms with Gasteiger partial charge >= 0.3 is 0 Å². The highest BCUT2D eigenvalue weighted by molar-refractivity contribution is 7.89. The Morgan fingerprint density at radius 2 is 2.00 bits per heavy atom. The van der Waals surface area contributed by atoms with Gasteiger partial charge in [-0.15, -0.1) is 11.3 Å². The molecule has 6 heteroatoms. The summed E-state index contributed by atoms with van der Waals surface area (Å²) >= 11 is 1.49. The molecule has 1 aromatic carbocycles. The maximum Gasteiger partial charge on any atom is 0.241 e. The van der Waals surface area contributed by atoms with Crippen molar-refractivity contribution in [3.05, 3.63) is 45.4 Å². The predicted molar refractivity (Wildman–Crippen MR) is 76.8 cm³/mol. The zero-order chi connectivity index (χ0) is 14.0. The number of hydrogen-bond donors (Lipinski definition) is 1. The van der Waals surface area contributed by atoms with Crippen LogP contribution < -0.4 is 4.72 Å². The largest absolute Gasteiger partial charge is 0.250 e. The minimum Gasteiger partial charge on any atom is -0.250 e. The monoisotopic (exact) mass is 296 g/mol. The average Bonchev–Trinajstić information content (AvgIpc) is 2.72. The molecule has 0 bridgehead atoms. The lowest BCUT2D eigenvalue weighted by Crippen LogP contribution is -2.23. The second-order valence-corrected chi connectivity index (χ2v) is 7.49. The molecule has 0 radical (unpaired) electrons. The van der Waals surface area contributed by atoms with E-state index in [9.17, 15) is 8.42 Å². The van der Waals surface area contributed by atoms with Crippen LogP contribution >= 0.6 is 11.3 Å². The molecule has 0 unspecified atom stereocenters. The lowest BCUT2D eigenvalue weighted by atomic mass is 10.2. The molecular formula is C13H16N2O2S2. The van der Waals surface area contributed by atoms with Crippen LogP contribution in [0.4, 0.5) is 0 Å². The third kappa shape index (κ3) is 3.40. The summed E-state index contributed by atoms with van der Waals surface area (Å²) in [6.07, 6.45) is 1.70. The van der Waals surface area contributed by atoms with Crippen molar-refractivity contribution in [3.63, 3.8) is 0 Å². The summed E-state index contributed by atoms with van der Waals surface area (Å²) in [5.74, 6) is 0. The Balaban J connectivity index is 2.18. The fourth-order valence-electron chi connectivity index (χ4n) is 1.83. The number of sulfonamides is 1. The van der Waals surface area contributed by atoms with Gasteiger partial charge in [-0.3, -0.25) is 0 Å². The molecule has 1 N–H and O–H groups in total. The van der Waals surface area contributed by atoms with Crippen LogP contribution in [-0.4, -0.2) is 13.4 Å². The first-order valence-corrected chi connectivity index (χ1v) is 8.17. The lowest BCUT2D eigenvalue weighted by molar-refractivity contribution is 0.581. The van der Waals surface area contributed by atoms with E-state index in [0.29, 0.717) is 4.90 Å². The highest BCUT2D eigenvalue weighted by atomic mass is 32.2. The van der Waals surface area contributed by atoms with E-state index in [1.165, 1.54) is 11.3 Å². The van der Waals surface area contributed by atoms with Crippen molar-refractivity contribution in [2.75, 3.05) is 0 Å². The van der Waals surface area contributed by atoms with Gasteiger partial charge in [-0.25, -0.2) is 18.1 Å². The van der Waals surface area contributed by atoms with Crippen LogP contribution in [-0.2, 0) is 16.6 Å². The number of nitrogens with zero attached hydrogens (tertiary/aromatic N) is 1. The summed E-state index contributed by atoms with van der Waals surface area (Å²) in [6, 6.07) is 5.31. The summed E-state index contributed by atoms with van der Waals surface area (Å²) in [4.78, 5) is 5.34. The Labute approximate surface area is 117 Å². The molecule has 0 aliphatic rings. The van der Waals surface area contributed by atoms with Crippen LogP contribution in [0.15, 0.2) is 29.3 Å². The Morgan fingerprint density at radius 3 is 2.58 bits per heavy atom. The second kappa shape index (κ2) is 5.40. The first kappa shape index (κ1) is 14.2. The molecule has 4 nitrogen and oxygen atoms in total. The molecule has 102 valence electrons. The Bertz CT molecular complexity index is 690. The second-order valence-electron chi connectivity index (χ2n) is 4.44. The highest BCUT2D eigenvalue weighted by Crippen LogP contribution is 2.17. The number of hydrogen-bond acceptors (Lipinski definition) is 4. The number of thiazole rings is 1. The maximum absolute atomic E-state index is 12.2. The molecule has 1 aromatic heterocycles. The number of aryl methyl sites for hydroxylation is 3. The third-order valence-corrected chi connectivity index (χ3v) is 5.20. The molecule has 0 aliphatic carbocycles. The minimum atomic E-state index is -3.47. The molecule has 0 spiro atoms. The average molecular weight is 296 g/mol. The first-order chi connectivity index (χ1) is 8.88. The fraction of sp³-hybridized carbons (Fsp3) is 0.308. The van der Waals surface area contributed by atoms with Crippen LogP contribution in [0, 0.1) is 20.8 Å². The van der Waals surface area contributed by atoms with Gasteiger partial charge in [0.05, 0.1) is 9.90 Å². The predicted octanol–water partition coefficient (Wildman–Crippen LogP) is 2.55. The molecule has 2 aromatic rings. The minimum absolute atomic E-state index is 0.279. The molecule has 2 rings (SSSR count). The Kier molecular flexibility index (Phi) is 4.03. The quantitative estimate of drug-likeness (QED) is 0.943. The van der Waals surface area contributed by atoms with Gasteiger partial charge in [0, 0.05) is 17.6 Å². The van der Waals surface area contributed by atoms with Gasteiger partial charge in [0.25, 0.3) is 0 Å². The van der Waals surface area contributed by atoms with E-state index in [1.54, 1.807) is 25.3 Å². The third-order valence-electron chi connectivity index (χ3n) is 2.73. The molecule has 0 fully saturated rings. The normalized spacial score (nSPS) is 11.7. The van der Waals surface area contributed by atoms with Gasteiger partial charge in [-0.2, -0.15) is 0 Å². The van der Waals surface area contributed by atoms with E-state index < -0.39 is 10.0 Å². The first-order valence-electron chi connectivity index (χ1n) is 5.87. The molecule has 19 heavy (non-hydrogen) atoms.